The second-order valence-electron chi connectivity index (χ2n) is 6.45. The van der Waals surface area contributed by atoms with Crippen LogP contribution in [0.2, 0.25) is 0 Å². The van der Waals surface area contributed by atoms with Crippen LogP contribution in [0.3, 0.4) is 0 Å². The van der Waals surface area contributed by atoms with Crippen LogP contribution in [-0.4, -0.2) is 42.8 Å². The zero-order valence-corrected chi connectivity index (χ0v) is 12.9. The molecule has 1 unspecified atom stereocenters. The van der Waals surface area contributed by atoms with Gasteiger partial charge in [0.2, 0.25) is 0 Å². The topological polar surface area (TPSA) is 38.5 Å². The average Bonchev–Trinajstić information content (AvgIpc) is 2.98. The fraction of sp³-hybridized carbons (Fsp3) is 1.00. The van der Waals surface area contributed by atoms with Gasteiger partial charge in [0.25, 0.3) is 0 Å². The minimum Gasteiger partial charge on any atom is -0.377 e. The average molecular weight is 268 g/mol. The number of likely N-dealkylation sites (N-methyl/N-ethyl adjacent to an activating group) is 1. The van der Waals surface area contributed by atoms with Gasteiger partial charge in [0.1, 0.15) is 0 Å². The molecule has 1 aliphatic carbocycles. The van der Waals surface area contributed by atoms with Crippen LogP contribution < -0.4 is 5.73 Å². The number of nitrogens with two attached hydrogens (primary N) is 1. The van der Waals surface area contributed by atoms with E-state index < -0.39 is 0 Å². The van der Waals surface area contributed by atoms with E-state index in [2.05, 4.69) is 18.7 Å². The zero-order chi connectivity index (χ0) is 13.7. The van der Waals surface area contributed by atoms with Gasteiger partial charge in [-0.2, -0.15) is 0 Å². The van der Waals surface area contributed by atoms with Crippen molar-refractivity contribution in [3.8, 4) is 0 Å². The Balaban J connectivity index is 1.96. The molecule has 19 heavy (non-hydrogen) atoms. The molecule has 0 aromatic rings. The highest BCUT2D eigenvalue weighted by Gasteiger charge is 2.39. The van der Waals surface area contributed by atoms with Crippen molar-refractivity contribution in [2.75, 3.05) is 26.2 Å². The van der Waals surface area contributed by atoms with Crippen LogP contribution in [0.25, 0.3) is 0 Å². The molecule has 3 heteroatoms. The molecule has 1 saturated heterocycles. The van der Waals surface area contributed by atoms with E-state index in [0.717, 1.165) is 32.2 Å². The molecule has 0 amide bonds. The lowest BCUT2D eigenvalue weighted by Crippen LogP contribution is -2.57. The van der Waals surface area contributed by atoms with Gasteiger partial charge in [-0.25, -0.2) is 0 Å². The van der Waals surface area contributed by atoms with Crippen LogP contribution in [0.4, 0.5) is 0 Å². The maximum Gasteiger partial charge on any atom is 0.0703 e. The van der Waals surface area contributed by atoms with Crippen molar-refractivity contribution in [1.82, 2.24) is 4.90 Å². The van der Waals surface area contributed by atoms with Crippen LogP contribution in [-0.2, 0) is 4.74 Å². The summed E-state index contributed by atoms with van der Waals surface area (Å²) in [6, 6.07) is 0. The second kappa shape index (κ2) is 7.05. The third kappa shape index (κ3) is 3.50. The van der Waals surface area contributed by atoms with Gasteiger partial charge >= 0.3 is 0 Å². The first-order chi connectivity index (χ1) is 9.24. The molecular weight excluding hydrogens is 236 g/mol. The molecule has 3 nitrogen and oxygen atoms in total. The molecule has 2 fully saturated rings. The van der Waals surface area contributed by atoms with E-state index in [1.165, 1.54) is 44.9 Å². The van der Waals surface area contributed by atoms with Crippen LogP contribution in [0, 0.1) is 5.92 Å². The Morgan fingerprint density at radius 2 is 1.95 bits per heavy atom. The fourth-order valence-electron chi connectivity index (χ4n) is 3.96. The summed E-state index contributed by atoms with van der Waals surface area (Å²) in [7, 11) is 0. The smallest absolute Gasteiger partial charge is 0.0703 e. The fourth-order valence-corrected chi connectivity index (χ4v) is 3.96. The second-order valence-corrected chi connectivity index (χ2v) is 6.45. The minimum absolute atomic E-state index is 0.256. The highest BCUT2D eigenvalue weighted by molar-refractivity contribution is 4.96. The van der Waals surface area contributed by atoms with Gasteiger partial charge in [-0.15, -0.1) is 0 Å². The van der Waals surface area contributed by atoms with Gasteiger partial charge < -0.3 is 10.5 Å². The summed E-state index contributed by atoms with van der Waals surface area (Å²) in [6.07, 6.45) is 9.52. The molecule has 1 heterocycles. The SMILES string of the molecule is CCC1CCC(CN)(N(CC)CC2CCCO2)CC1. The van der Waals surface area contributed by atoms with Crippen molar-refractivity contribution in [1.29, 1.82) is 0 Å². The molecule has 1 atom stereocenters. The lowest BCUT2D eigenvalue weighted by Gasteiger charge is -2.48. The number of rotatable bonds is 6. The van der Waals surface area contributed by atoms with Crippen molar-refractivity contribution >= 4 is 0 Å². The Labute approximate surface area is 118 Å². The highest BCUT2D eigenvalue weighted by atomic mass is 16.5. The van der Waals surface area contributed by atoms with Crippen molar-refractivity contribution in [2.24, 2.45) is 11.7 Å². The summed E-state index contributed by atoms with van der Waals surface area (Å²) in [5.41, 5.74) is 6.45. The highest BCUT2D eigenvalue weighted by Crippen LogP contribution is 2.37. The van der Waals surface area contributed by atoms with Crippen LogP contribution in [0.1, 0.15) is 58.8 Å². The van der Waals surface area contributed by atoms with Gasteiger partial charge in [-0.1, -0.05) is 20.3 Å². The molecule has 112 valence electrons. The van der Waals surface area contributed by atoms with E-state index >= 15 is 0 Å². The molecule has 0 spiro atoms. The first-order valence-corrected chi connectivity index (χ1v) is 8.30. The Morgan fingerprint density at radius 3 is 2.42 bits per heavy atom. The molecule has 0 bridgehead atoms. The molecule has 0 aromatic heterocycles. The van der Waals surface area contributed by atoms with E-state index in [4.69, 9.17) is 10.5 Å². The van der Waals surface area contributed by atoms with E-state index in [-0.39, 0.29) is 5.54 Å². The number of hydrogen-bond acceptors (Lipinski definition) is 3. The number of hydrogen-bond donors (Lipinski definition) is 1. The van der Waals surface area contributed by atoms with E-state index in [1.807, 2.05) is 0 Å². The largest absolute Gasteiger partial charge is 0.377 e. The van der Waals surface area contributed by atoms with E-state index in [1.54, 1.807) is 0 Å². The standard InChI is InChI=1S/C16H32N2O/c1-3-14-7-9-16(13-17,10-8-14)18(4-2)12-15-6-5-11-19-15/h14-15H,3-13,17H2,1-2H3. The van der Waals surface area contributed by atoms with Crippen molar-refractivity contribution in [3.63, 3.8) is 0 Å². The van der Waals surface area contributed by atoms with Gasteiger partial charge in [-0.05, 0) is 51.0 Å². The first kappa shape index (κ1) is 15.3. The van der Waals surface area contributed by atoms with Crippen LogP contribution >= 0.6 is 0 Å². The van der Waals surface area contributed by atoms with Crippen LogP contribution in [0.15, 0.2) is 0 Å². The van der Waals surface area contributed by atoms with Gasteiger partial charge in [0.15, 0.2) is 0 Å². The predicted octanol–water partition coefficient (Wildman–Crippen LogP) is 2.79. The van der Waals surface area contributed by atoms with Crippen molar-refractivity contribution < 1.29 is 4.74 Å². The molecule has 2 rings (SSSR count). The summed E-state index contributed by atoms with van der Waals surface area (Å²) in [6.45, 7) is 8.56. The number of ether oxygens (including phenoxy) is 1. The van der Waals surface area contributed by atoms with Crippen molar-refractivity contribution in [2.45, 2.75) is 70.4 Å². The normalized spacial score (nSPS) is 36.0. The number of nitrogens with zero attached hydrogens (tertiary/aromatic N) is 1. The zero-order valence-electron chi connectivity index (χ0n) is 12.9. The Hall–Kier alpha value is -0.120. The summed E-state index contributed by atoms with van der Waals surface area (Å²) in [5.74, 6) is 0.932. The molecule has 2 N–H and O–H groups in total. The predicted molar refractivity (Wildman–Crippen MR) is 80.3 cm³/mol. The first-order valence-electron chi connectivity index (χ1n) is 8.30. The Morgan fingerprint density at radius 1 is 1.21 bits per heavy atom. The maximum atomic E-state index is 6.19. The minimum atomic E-state index is 0.256. The maximum absolute atomic E-state index is 6.19. The molecule has 0 aromatic carbocycles. The summed E-state index contributed by atoms with van der Waals surface area (Å²) < 4.78 is 5.83. The lowest BCUT2D eigenvalue weighted by molar-refractivity contribution is -0.000749. The molecule has 2 aliphatic rings. The Kier molecular flexibility index (Phi) is 5.67. The molecule has 1 aliphatic heterocycles. The Bertz CT molecular complexity index is 255. The molecule has 1 saturated carbocycles. The third-order valence-electron chi connectivity index (χ3n) is 5.49. The van der Waals surface area contributed by atoms with E-state index in [0.29, 0.717) is 6.10 Å². The summed E-state index contributed by atoms with van der Waals surface area (Å²) in [5, 5.41) is 0. The molecular formula is C16H32N2O. The van der Waals surface area contributed by atoms with E-state index in [9.17, 15) is 0 Å². The third-order valence-corrected chi connectivity index (χ3v) is 5.49. The summed E-state index contributed by atoms with van der Waals surface area (Å²) in [4.78, 5) is 2.63. The van der Waals surface area contributed by atoms with Crippen LogP contribution in [0.5, 0.6) is 0 Å². The van der Waals surface area contributed by atoms with Gasteiger partial charge in [-0.3, -0.25) is 4.90 Å². The van der Waals surface area contributed by atoms with Gasteiger partial charge in [0.05, 0.1) is 6.10 Å². The summed E-state index contributed by atoms with van der Waals surface area (Å²) >= 11 is 0. The monoisotopic (exact) mass is 268 g/mol. The van der Waals surface area contributed by atoms with Gasteiger partial charge in [0, 0.05) is 25.2 Å². The molecule has 0 radical (unpaired) electrons. The lowest BCUT2D eigenvalue weighted by atomic mass is 9.74. The quantitative estimate of drug-likeness (QED) is 0.805. The van der Waals surface area contributed by atoms with Crippen molar-refractivity contribution in [3.05, 3.63) is 0 Å².